The van der Waals surface area contributed by atoms with Crippen molar-refractivity contribution in [2.45, 2.75) is 71.4 Å². The van der Waals surface area contributed by atoms with Gasteiger partial charge in [0.15, 0.2) is 0 Å². The number of sulfonamides is 1. The molecule has 0 atom stereocenters. The molecule has 2 aromatic carbocycles. The maximum atomic E-state index is 14.0. The lowest BCUT2D eigenvalue weighted by Gasteiger charge is -2.40. The average Bonchev–Trinajstić information content (AvgIpc) is 3.00. The van der Waals surface area contributed by atoms with Gasteiger partial charge in [0, 0.05) is 37.8 Å². The van der Waals surface area contributed by atoms with E-state index in [1.54, 1.807) is 14.0 Å². The van der Waals surface area contributed by atoms with Crippen molar-refractivity contribution in [1.82, 2.24) is 14.1 Å². The first-order valence-corrected chi connectivity index (χ1v) is 16.6. The largest absolute Gasteiger partial charge is 0.497 e. The van der Waals surface area contributed by atoms with Crippen LogP contribution in [0.2, 0.25) is 0 Å². The van der Waals surface area contributed by atoms with E-state index in [0.29, 0.717) is 50.5 Å². The van der Waals surface area contributed by atoms with Crippen LogP contribution < -0.4 is 4.74 Å². The number of piperidine rings is 1. The van der Waals surface area contributed by atoms with Crippen molar-refractivity contribution in [3.63, 3.8) is 0 Å². The Kier molecular flexibility index (Phi) is 10.8. The predicted molar refractivity (Wildman–Crippen MR) is 161 cm³/mol. The highest BCUT2D eigenvalue weighted by Gasteiger charge is 2.34. The number of hydrogen-bond acceptors (Lipinski definition) is 5. The first-order chi connectivity index (χ1) is 19.7. The van der Waals surface area contributed by atoms with Gasteiger partial charge >= 0.3 is 0 Å². The molecule has 224 valence electrons. The molecule has 1 saturated heterocycles. The predicted octanol–water partition coefficient (Wildman–Crippen LogP) is 4.87. The molecule has 2 fully saturated rings. The zero-order valence-electron chi connectivity index (χ0n) is 24.8. The number of carbonyl (C=O) groups is 2. The molecule has 2 aliphatic rings. The molecule has 1 heterocycles. The van der Waals surface area contributed by atoms with E-state index < -0.39 is 10.0 Å². The highest BCUT2D eigenvalue weighted by Crippen LogP contribution is 2.27. The second-order valence-corrected chi connectivity index (χ2v) is 13.7. The van der Waals surface area contributed by atoms with Crippen LogP contribution in [0.1, 0.15) is 73.4 Å². The minimum absolute atomic E-state index is 0.0160. The summed E-state index contributed by atoms with van der Waals surface area (Å²) in [6.07, 6.45) is 6.71. The summed E-state index contributed by atoms with van der Waals surface area (Å²) in [6, 6.07) is 15.2. The van der Waals surface area contributed by atoms with E-state index in [-0.39, 0.29) is 30.2 Å². The Bertz CT molecular complexity index is 1270. The summed E-state index contributed by atoms with van der Waals surface area (Å²) in [5.74, 6) is 0.843. The maximum absolute atomic E-state index is 14.0. The van der Waals surface area contributed by atoms with Gasteiger partial charge in [-0.2, -0.15) is 4.31 Å². The van der Waals surface area contributed by atoms with Crippen molar-refractivity contribution in [2.24, 2.45) is 5.92 Å². The number of carbonyl (C=O) groups excluding carboxylic acids is 2. The summed E-state index contributed by atoms with van der Waals surface area (Å²) in [5, 5.41) is 0. The second-order valence-electron chi connectivity index (χ2n) is 11.4. The van der Waals surface area contributed by atoms with E-state index in [1.165, 1.54) is 10.7 Å². The van der Waals surface area contributed by atoms with Crippen molar-refractivity contribution < 1.29 is 22.7 Å². The van der Waals surface area contributed by atoms with Gasteiger partial charge in [-0.25, -0.2) is 8.42 Å². The Morgan fingerprint density at radius 3 is 2.22 bits per heavy atom. The first kappa shape index (κ1) is 31.0. The SMILES string of the molecule is CCS(=O)(=O)N(CC(=O)N(Cc1ccc(OC)cc1)C1CCN(C(=O)c2ccccc2C)CC1)CC1CCCCC1. The van der Waals surface area contributed by atoms with E-state index in [0.717, 1.165) is 42.6 Å². The third-order valence-corrected chi connectivity index (χ3v) is 10.5. The monoisotopic (exact) mass is 583 g/mol. The number of hydrogen-bond donors (Lipinski definition) is 0. The standard InChI is InChI=1S/C32H45N3O5S/c1-4-41(38,39)34(22-26-11-6-5-7-12-26)24-31(36)35(23-27-14-16-29(40-3)17-15-27)28-18-20-33(21-19-28)32(37)30-13-9-8-10-25(30)2/h8-10,13-17,26,28H,4-7,11-12,18-24H2,1-3H3. The lowest BCUT2D eigenvalue weighted by molar-refractivity contribution is -0.135. The Labute approximate surface area is 245 Å². The molecule has 0 unspecified atom stereocenters. The summed E-state index contributed by atoms with van der Waals surface area (Å²) in [5.41, 5.74) is 2.61. The van der Waals surface area contributed by atoms with Crippen LogP contribution in [-0.2, 0) is 21.4 Å². The number of rotatable bonds is 11. The van der Waals surface area contributed by atoms with Crippen LogP contribution >= 0.6 is 0 Å². The summed E-state index contributed by atoms with van der Waals surface area (Å²) in [6.45, 7) is 5.31. The molecule has 1 saturated carbocycles. The van der Waals surface area contributed by atoms with E-state index in [4.69, 9.17) is 4.74 Å². The zero-order chi connectivity index (χ0) is 29.4. The van der Waals surface area contributed by atoms with Crippen molar-refractivity contribution in [1.29, 1.82) is 0 Å². The number of methoxy groups -OCH3 is 1. The van der Waals surface area contributed by atoms with Crippen LogP contribution in [0.5, 0.6) is 5.75 Å². The van der Waals surface area contributed by atoms with Gasteiger partial charge < -0.3 is 14.5 Å². The number of amides is 2. The van der Waals surface area contributed by atoms with Crippen LogP contribution in [0.25, 0.3) is 0 Å². The Hall–Kier alpha value is -2.91. The highest BCUT2D eigenvalue weighted by atomic mass is 32.2. The van der Waals surface area contributed by atoms with Crippen molar-refractivity contribution >= 4 is 21.8 Å². The molecule has 2 aromatic rings. The molecule has 8 nitrogen and oxygen atoms in total. The van der Waals surface area contributed by atoms with Crippen LogP contribution in [0.15, 0.2) is 48.5 Å². The van der Waals surface area contributed by atoms with Gasteiger partial charge in [0.2, 0.25) is 15.9 Å². The van der Waals surface area contributed by atoms with Crippen molar-refractivity contribution in [2.75, 3.05) is 39.0 Å². The molecule has 1 aliphatic heterocycles. The minimum Gasteiger partial charge on any atom is -0.497 e. The van der Waals surface area contributed by atoms with E-state index in [9.17, 15) is 18.0 Å². The summed E-state index contributed by atoms with van der Waals surface area (Å²) < 4.78 is 33.0. The van der Waals surface area contributed by atoms with Crippen LogP contribution in [0.4, 0.5) is 0 Å². The van der Waals surface area contributed by atoms with Gasteiger partial charge in [0.1, 0.15) is 5.75 Å². The minimum atomic E-state index is -3.54. The first-order valence-electron chi connectivity index (χ1n) is 15.0. The third-order valence-electron chi connectivity index (χ3n) is 8.66. The topological polar surface area (TPSA) is 87.2 Å². The van der Waals surface area contributed by atoms with Gasteiger partial charge in [0.05, 0.1) is 19.4 Å². The highest BCUT2D eigenvalue weighted by molar-refractivity contribution is 7.89. The fourth-order valence-corrected chi connectivity index (χ4v) is 7.18. The molecular weight excluding hydrogens is 538 g/mol. The van der Waals surface area contributed by atoms with Crippen molar-refractivity contribution in [3.05, 3.63) is 65.2 Å². The van der Waals surface area contributed by atoms with Gasteiger partial charge in [-0.3, -0.25) is 9.59 Å². The molecule has 1 aliphatic carbocycles. The molecule has 41 heavy (non-hydrogen) atoms. The molecule has 0 bridgehead atoms. The van der Waals surface area contributed by atoms with Crippen LogP contribution in [0, 0.1) is 12.8 Å². The Morgan fingerprint density at radius 1 is 0.951 bits per heavy atom. The Morgan fingerprint density at radius 2 is 1.61 bits per heavy atom. The molecule has 0 N–H and O–H groups in total. The van der Waals surface area contributed by atoms with E-state index in [1.807, 2.05) is 65.3 Å². The molecule has 4 rings (SSSR count). The lowest BCUT2D eigenvalue weighted by Crippen LogP contribution is -2.52. The number of benzene rings is 2. The molecule has 0 aromatic heterocycles. The quantitative estimate of drug-likeness (QED) is 0.377. The molecular formula is C32H45N3O5S. The van der Waals surface area contributed by atoms with Crippen LogP contribution in [-0.4, -0.2) is 79.4 Å². The fraction of sp³-hybridized carbons (Fsp3) is 0.562. The lowest BCUT2D eigenvalue weighted by atomic mass is 9.89. The molecule has 0 spiro atoms. The summed E-state index contributed by atoms with van der Waals surface area (Å²) in [7, 11) is -1.92. The fourth-order valence-electron chi connectivity index (χ4n) is 6.07. The second kappa shape index (κ2) is 14.3. The third kappa shape index (κ3) is 8.10. The number of aryl methyl sites for hydroxylation is 1. The van der Waals surface area contributed by atoms with Gasteiger partial charge in [-0.15, -0.1) is 0 Å². The average molecular weight is 584 g/mol. The zero-order valence-corrected chi connectivity index (χ0v) is 25.6. The summed E-state index contributed by atoms with van der Waals surface area (Å²) in [4.78, 5) is 30.9. The Balaban J connectivity index is 1.51. The van der Waals surface area contributed by atoms with Gasteiger partial charge in [-0.1, -0.05) is 49.6 Å². The summed E-state index contributed by atoms with van der Waals surface area (Å²) >= 11 is 0. The van der Waals surface area contributed by atoms with Gasteiger partial charge in [-0.05, 0) is 74.8 Å². The number of nitrogens with zero attached hydrogens (tertiary/aromatic N) is 3. The molecule has 9 heteroatoms. The van der Waals surface area contributed by atoms with E-state index in [2.05, 4.69) is 0 Å². The molecule has 0 radical (unpaired) electrons. The molecule has 2 amide bonds. The maximum Gasteiger partial charge on any atom is 0.254 e. The normalized spacial score (nSPS) is 17.0. The van der Waals surface area contributed by atoms with Crippen molar-refractivity contribution in [3.8, 4) is 5.75 Å². The number of likely N-dealkylation sites (tertiary alicyclic amines) is 1. The van der Waals surface area contributed by atoms with E-state index >= 15 is 0 Å². The number of ether oxygens (including phenoxy) is 1. The van der Waals surface area contributed by atoms with Crippen LogP contribution in [0.3, 0.4) is 0 Å². The smallest absolute Gasteiger partial charge is 0.254 e. The van der Waals surface area contributed by atoms with Gasteiger partial charge in [0.25, 0.3) is 5.91 Å².